The largest absolute Gasteiger partial charge is 0.462 e. The summed E-state index contributed by atoms with van der Waals surface area (Å²) in [6.07, 6.45) is -6.32. The zero-order valence-corrected chi connectivity index (χ0v) is 35.0. The molecule has 57 heavy (non-hydrogen) atoms. The molecule has 0 heterocycles. The van der Waals surface area contributed by atoms with Crippen molar-refractivity contribution in [2.24, 2.45) is 0 Å². The maximum atomic E-state index is 13.3. The van der Waals surface area contributed by atoms with E-state index in [-0.39, 0.29) is 0 Å². The molecule has 0 unspecified atom stereocenters. The second-order valence-electron chi connectivity index (χ2n) is 13.0. The van der Waals surface area contributed by atoms with Crippen molar-refractivity contribution >= 4 is 61.7 Å². The Morgan fingerprint density at radius 1 is 0.474 bits per heavy atom. The highest BCUT2D eigenvalue weighted by Crippen LogP contribution is 2.50. The molecule has 0 amide bonds. The van der Waals surface area contributed by atoms with Gasteiger partial charge in [0.15, 0.2) is 24.4 Å². The normalized spacial score (nSPS) is 13.0. The standard InChI is InChI=1S/C45H40Br2O10/c1-26(48)53-25-39(54-27(2)49)44(56-29(4)51)45(57-30(5)52)43(55-28(3)50)38-24-37(31-12-8-6-9-13-31)40(33-16-20-35(46)21-17-33)42(34-18-22-36(47)23-19-34)41(38)32-14-10-7-11-15-32/h6-24,39,43-45H,25H2,1-5H3/t39-,43+,44+,45-/m1/s1. The van der Waals surface area contributed by atoms with E-state index >= 15 is 0 Å². The molecule has 4 atom stereocenters. The minimum Gasteiger partial charge on any atom is -0.462 e. The summed E-state index contributed by atoms with van der Waals surface area (Å²) < 4.78 is 30.6. The van der Waals surface area contributed by atoms with Crippen LogP contribution in [0.4, 0.5) is 0 Å². The Balaban J connectivity index is 2.01. The molecule has 0 aliphatic carbocycles. The third kappa shape index (κ3) is 11.0. The lowest BCUT2D eigenvalue weighted by molar-refractivity contribution is -0.203. The summed E-state index contributed by atoms with van der Waals surface area (Å²) in [6.45, 7) is 5.17. The van der Waals surface area contributed by atoms with Crippen LogP contribution in [0.2, 0.25) is 0 Å². The minimum absolute atomic E-state index is 0.367. The smallest absolute Gasteiger partial charge is 0.303 e. The zero-order valence-electron chi connectivity index (χ0n) is 31.8. The first-order valence-corrected chi connectivity index (χ1v) is 19.5. The van der Waals surface area contributed by atoms with E-state index < -0.39 is 60.9 Å². The highest BCUT2D eigenvalue weighted by atomic mass is 79.9. The van der Waals surface area contributed by atoms with E-state index in [1.54, 1.807) is 0 Å². The molecule has 0 radical (unpaired) electrons. The van der Waals surface area contributed by atoms with E-state index in [4.69, 9.17) is 23.7 Å². The van der Waals surface area contributed by atoms with Crippen LogP contribution in [0.25, 0.3) is 44.5 Å². The molecule has 0 fully saturated rings. The lowest BCUT2D eigenvalue weighted by Crippen LogP contribution is -2.50. The Morgan fingerprint density at radius 3 is 1.39 bits per heavy atom. The Bertz CT molecular complexity index is 2220. The van der Waals surface area contributed by atoms with Crippen LogP contribution in [-0.4, -0.2) is 54.8 Å². The van der Waals surface area contributed by atoms with Crippen LogP contribution in [0, 0.1) is 0 Å². The molecule has 5 aromatic carbocycles. The number of benzene rings is 5. The summed E-state index contributed by atoms with van der Waals surface area (Å²) in [4.78, 5) is 63.8. The van der Waals surface area contributed by atoms with Gasteiger partial charge in [0.05, 0.1) is 0 Å². The maximum absolute atomic E-state index is 13.3. The second kappa shape index (κ2) is 19.5. The monoisotopic (exact) mass is 898 g/mol. The zero-order chi connectivity index (χ0) is 41.2. The minimum atomic E-state index is -1.66. The Labute approximate surface area is 347 Å². The van der Waals surface area contributed by atoms with Crippen molar-refractivity contribution in [3.8, 4) is 44.5 Å². The fraction of sp³-hybridized carbons (Fsp3) is 0.222. The number of carbonyl (C=O) groups excluding carboxylic acids is 5. The Morgan fingerprint density at radius 2 is 0.912 bits per heavy atom. The van der Waals surface area contributed by atoms with Crippen molar-refractivity contribution in [2.45, 2.75) is 59.0 Å². The molecule has 5 aromatic rings. The molecule has 12 heteroatoms. The van der Waals surface area contributed by atoms with Crippen molar-refractivity contribution in [3.05, 3.63) is 130 Å². The van der Waals surface area contributed by atoms with E-state index in [0.717, 1.165) is 70.0 Å². The molecular weight excluding hydrogens is 860 g/mol. The van der Waals surface area contributed by atoms with Crippen molar-refractivity contribution in [2.75, 3.05) is 6.61 Å². The maximum Gasteiger partial charge on any atom is 0.303 e. The molecule has 0 saturated heterocycles. The van der Waals surface area contributed by atoms with E-state index in [1.807, 2.05) is 115 Å². The fourth-order valence-corrected chi connectivity index (χ4v) is 7.17. The molecule has 0 aromatic heterocycles. The molecule has 10 nitrogen and oxygen atoms in total. The van der Waals surface area contributed by atoms with Crippen LogP contribution >= 0.6 is 31.9 Å². The van der Waals surface area contributed by atoms with Crippen LogP contribution in [0.1, 0.15) is 46.3 Å². The van der Waals surface area contributed by atoms with Gasteiger partial charge < -0.3 is 23.7 Å². The molecule has 0 saturated carbocycles. The van der Waals surface area contributed by atoms with E-state index in [0.29, 0.717) is 16.7 Å². The number of rotatable bonds is 14. The molecule has 0 N–H and O–H groups in total. The van der Waals surface area contributed by atoms with Gasteiger partial charge >= 0.3 is 29.8 Å². The lowest BCUT2D eigenvalue weighted by atomic mass is 9.78. The Kier molecular flexibility index (Phi) is 14.6. The molecule has 5 rings (SSSR count). The third-order valence-electron chi connectivity index (χ3n) is 8.73. The fourth-order valence-electron chi connectivity index (χ4n) is 6.64. The van der Waals surface area contributed by atoms with E-state index in [1.165, 1.54) is 6.92 Å². The van der Waals surface area contributed by atoms with Gasteiger partial charge in [0.1, 0.15) is 6.61 Å². The lowest BCUT2D eigenvalue weighted by Gasteiger charge is -2.37. The van der Waals surface area contributed by atoms with Gasteiger partial charge in [-0.05, 0) is 74.8 Å². The molecular formula is C45H40Br2O10. The van der Waals surface area contributed by atoms with Gasteiger partial charge in [-0.1, -0.05) is 117 Å². The third-order valence-corrected chi connectivity index (χ3v) is 9.79. The van der Waals surface area contributed by atoms with Crippen molar-refractivity contribution in [1.82, 2.24) is 0 Å². The number of halogens is 2. The summed E-state index contributed by atoms with van der Waals surface area (Å²) in [7, 11) is 0. The van der Waals surface area contributed by atoms with Gasteiger partial charge in [-0.15, -0.1) is 0 Å². The number of hydrogen-bond donors (Lipinski definition) is 0. The topological polar surface area (TPSA) is 132 Å². The highest BCUT2D eigenvalue weighted by Gasteiger charge is 2.46. The first-order valence-electron chi connectivity index (χ1n) is 17.9. The molecule has 0 spiro atoms. The van der Waals surface area contributed by atoms with Gasteiger partial charge in [-0.2, -0.15) is 0 Å². The average molecular weight is 901 g/mol. The summed E-state index contributed by atoms with van der Waals surface area (Å²) in [5.74, 6) is -3.94. The predicted octanol–water partition coefficient (Wildman–Crippen LogP) is 9.84. The molecule has 0 aliphatic heterocycles. The van der Waals surface area contributed by atoms with Crippen LogP contribution in [0.3, 0.4) is 0 Å². The summed E-state index contributed by atoms with van der Waals surface area (Å²) >= 11 is 7.16. The quantitative estimate of drug-likeness (QED) is 0.0784. The van der Waals surface area contributed by atoms with Crippen LogP contribution in [-0.2, 0) is 47.7 Å². The average Bonchev–Trinajstić information content (AvgIpc) is 3.17. The van der Waals surface area contributed by atoms with Crippen molar-refractivity contribution in [1.29, 1.82) is 0 Å². The molecule has 294 valence electrons. The van der Waals surface area contributed by atoms with Crippen LogP contribution in [0.5, 0.6) is 0 Å². The second-order valence-corrected chi connectivity index (χ2v) is 14.8. The number of ether oxygens (including phenoxy) is 5. The number of carbonyl (C=O) groups is 5. The van der Waals surface area contributed by atoms with Crippen LogP contribution < -0.4 is 0 Å². The first-order chi connectivity index (χ1) is 27.2. The van der Waals surface area contributed by atoms with Gasteiger partial charge in [0, 0.05) is 49.1 Å². The van der Waals surface area contributed by atoms with E-state index in [9.17, 15) is 24.0 Å². The van der Waals surface area contributed by atoms with Gasteiger partial charge in [0.2, 0.25) is 0 Å². The summed E-state index contributed by atoms with van der Waals surface area (Å²) in [5, 5.41) is 0. The van der Waals surface area contributed by atoms with Gasteiger partial charge in [0.25, 0.3) is 0 Å². The number of hydrogen-bond acceptors (Lipinski definition) is 10. The van der Waals surface area contributed by atoms with Crippen molar-refractivity contribution < 1.29 is 47.7 Å². The summed E-state index contributed by atoms with van der Waals surface area (Å²) in [6, 6.07) is 36.6. The number of esters is 5. The SMILES string of the molecule is CC(=O)OC[C@@H](OC(C)=O)[C@H](OC(C)=O)[C@H](OC(C)=O)[C@@H](OC(C)=O)c1cc(-c2ccccc2)c(-c2ccc(Br)cc2)c(-c2ccc(Br)cc2)c1-c1ccccc1. The van der Waals surface area contributed by atoms with Gasteiger partial charge in [-0.3, -0.25) is 24.0 Å². The summed E-state index contributed by atoms with van der Waals surface area (Å²) in [5.41, 5.74) is 6.46. The van der Waals surface area contributed by atoms with Gasteiger partial charge in [-0.25, -0.2) is 0 Å². The molecule has 0 bridgehead atoms. The van der Waals surface area contributed by atoms with E-state index in [2.05, 4.69) is 31.9 Å². The first kappa shape index (κ1) is 42.6. The predicted molar refractivity (Wildman–Crippen MR) is 221 cm³/mol. The van der Waals surface area contributed by atoms with Crippen molar-refractivity contribution in [3.63, 3.8) is 0 Å². The highest BCUT2D eigenvalue weighted by molar-refractivity contribution is 9.10. The Hall–Kier alpha value is -5.59. The molecule has 0 aliphatic rings. The van der Waals surface area contributed by atoms with Crippen LogP contribution in [0.15, 0.2) is 124 Å².